The predicted molar refractivity (Wildman–Crippen MR) is 141 cm³/mol. The maximum atomic E-state index is 14.3. The van der Waals surface area contributed by atoms with Crippen molar-refractivity contribution in [3.8, 4) is 5.75 Å². The lowest BCUT2D eigenvalue weighted by molar-refractivity contribution is -0.135. The van der Waals surface area contributed by atoms with E-state index in [4.69, 9.17) is 4.74 Å². The summed E-state index contributed by atoms with van der Waals surface area (Å²) in [7, 11) is 0. The monoisotopic (exact) mass is 506 g/mol. The second-order valence-electron chi connectivity index (χ2n) is 9.14. The average molecular weight is 507 g/mol. The molecule has 3 aromatic rings. The van der Waals surface area contributed by atoms with Gasteiger partial charge in [0, 0.05) is 18.0 Å². The van der Waals surface area contributed by atoms with Gasteiger partial charge in [-0.2, -0.15) is 0 Å². The fourth-order valence-corrected chi connectivity index (χ4v) is 5.36. The molecule has 0 bridgehead atoms. The number of hydrogen-bond acceptors (Lipinski definition) is 4. The third-order valence-electron chi connectivity index (χ3n) is 6.44. The standard InChI is InChI=1S/C29H31FN2O3S/c1-4-15-31(29(34)23-7-5-6-8-25(23)30)18-28(33)32-16-13-27-24(14-17-36-27)26(32)19-35-22-11-9-21(10-12-22)20(2)3/h4-12,14,17,20,26H,1,13,15-16,18-19H2,2-3H3/t26-/m1/s1. The van der Waals surface area contributed by atoms with Crippen molar-refractivity contribution in [1.29, 1.82) is 0 Å². The Bertz CT molecular complexity index is 1220. The molecule has 0 spiro atoms. The molecule has 1 aliphatic heterocycles. The zero-order valence-corrected chi connectivity index (χ0v) is 21.5. The van der Waals surface area contributed by atoms with Crippen LogP contribution in [0.25, 0.3) is 0 Å². The van der Waals surface area contributed by atoms with Gasteiger partial charge in [0.05, 0.1) is 11.6 Å². The first kappa shape index (κ1) is 25.6. The molecule has 188 valence electrons. The van der Waals surface area contributed by atoms with Gasteiger partial charge in [-0.05, 0) is 59.2 Å². The van der Waals surface area contributed by atoms with E-state index in [1.54, 1.807) is 28.4 Å². The molecule has 0 N–H and O–H groups in total. The molecule has 2 heterocycles. The Morgan fingerprint density at radius 3 is 2.64 bits per heavy atom. The summed E-state index contributed by atoms with van der Waals surface area (Å²) in [5.41, 5.74) is 2.25. The SMILES string of the molecule is C=CCN(CC(=O)N1CCc2sccc2[C@H]1COc1ccc(C(C)C)cc1)C(=O)c1ccccc1F. The fourth-order valence-electron chi connectivity index (χ4n) is 4.43. The van der Waals surface area contributed by atoms with Gasteiger partial charge < -0.3 is 14.5 Å². The fraction of sp³-hybridized carbons (Fsp3) is 0.310. The summed E-state index contributed by atoms with van der Waals surface area (Å²) in [4.78, 5) is 30.9. The molecule has 0 unspecified atom stereocenters. The highest BCUT2D eigenvalue weighted by atomic mass is 32.1. The first-order valence-electron chi connectivity index (χ1n) is 12.1. The maximum absolute atomic E-state index is 14.3. The van der Waals surface area contributed by atoms with Crippen molar-refractivity contribution in [2.45, 2.75) is 32.2 Å². The summed E-state index contributed by atoms with van der Waals surface area (Å²) in [5.74, 6) is -0.170. The normalized spacial score (nSPS) is 14.9. The number of carbonyl (C=O) groups excluding carboxylic acids is 2. The van der Waals surface area contributed by atoms with Crippen molar-refractivity contribution in [3.05, 3.63) is 100 Å². The Morgan fingerprint density at radius 2 is 1.94 bits per heavy atom. The molecule has 0 aliphatic carbocycles. The summed E-state index contributed by atoms with van der Waals surface area (Å²) in [6.07, 6.45) is 2.29. The van der Waals surface area contributed by atoms with Crippen molar-refractivity contribution < 1.29 is 18.7 Å². The van der Waals surface area contributed by atoms with Crippen LogP contribution >= 0.6 is 11.3 Å². The van der Waals surface area contributed by atoms with Gasteiger partial charge in [-0.15, -0.1) is 17.9 Å². The van der Waals surface area contributed by atoms with Crippen LogP contribution in [0.15, 0.2) is 72.6 Å². The van der Waals surface area contributed by atoms with Crippen LogP contribution in [0.5, 0.6) is 5.75 Å². The largest absolute Gasteiger partial charge is 0.491 e. The highest BCUT2D eigenvalue weighted by Gasteiger charge is 2.33. The maximum Gasteiger partial charge on any atom is 0.257 e. The number of nitrogens with zero attached hydrogens (tertiary/aromatic N) is 2. The molecule has 7 heteroatoms. The Balaban J connectivity index is 1.51. The lowest BCUT2D eigenvalue weighted by Gasteiger charge is -2.37. The van der Waals surface area contributed by atoms with Gasteiger partial charge in [0.2, 0.25) is 5.91 Å². The summed E-state index contributed by atoms with van der Waals surface area (Å²) in [6, 6.07) is 15.6. The van der Waals surface area contributed by atoms with Gasteiger partial charge in [0.25, 0.3) is 5.91 Å². The Labute approximate surface area is 215 Å². The van der Waals surface area contributed by atoms with Crippen LogP contribution in [0, 0.1) is 5.82 Å². The van der Waals surface area contributed by atoms with Crippen LogP contribution in [0.4, 0.5) is 4.39 Å². The number of amides is 2. The number of fused-ring (bicyclic) bond motifs is 1. The van der Waals surface area contributed by atoms with Crippen LogP contribution in [0.2, 0.25) is 0 Å². The first-order chi connectivity index (χ1) is 17.4. The van der Waals surface area contributed by atoms with Crippen LogP contribution in [0.1, 0.15) is 52.2 Å². The van der Waals surface area contributed by atoms with E-state index in [1.165, 1.54) is 33.5 Å². The zero-order chi connectivity index (χ0) is 25.7. The number of thiophene rings is 1. The van der Waals surface area contributed by atoms with Gasteiger partial charge in [0.15, 0.2) is 0 Å². The quantitative estimate of drug-likeness (QED) is 0.343. The number of rotatable bonds is 9. The van der Waals surface area contributed by atoms with E-state index < -0.39 is 11.7 Å². The van der Waals surface area contributed by atoms with Gasteiger partial charge in [0.1, 0.15) is 24.7 Å². The lowest BCUT2D eigenvalue weighted by atomic mass is 10.00. The lowest BCUT2D eigenvalue weighted by Crippen LogP contribution is -2.48. The van der Waals surface area contributed by atoms with E-state index in [9.17, 15) is 14.0 Å². The van der Waals surface area contributed by atoms with Gasteiger partial charge >= 0.3 is 0 Å². The molecular formula is C29H31FN2O3S. The number of carbonyl (C=O) groups is 2. The molecule has 0 fully saturated rings. The minimum absolute atomic E-state index is 0.0596. The molecule has 0 radical (unpaired) electrons. The van der Waals surface area contributed by atoms with E-state index in [0.29, 0.717) is 19.1 Å². The number of ether oxygens (including phenoxy) is 1. The molecule has 2 aromatic carbocycles. The van der Waals surface area contributed by atoms with Crippen LogP contribution in [0.3, 0.4) is 0 Å². The minimum atomic E-state index is -0.611. The van der Waals surface area contributed by atoms with Crippen molar-refractivity contribution in [2.24, 2.45) is 0 Å². The second kappa shape index (κ2) is 11.5. The minimum Gasteiger partial charge on any atom is -0.491 e. The molecule has 1 aliphatic rings. The Hall–Kier alpha value is -3.45. The predicted octanol–water partition coefficient (Wildman–Crippen LogP) is 5.84. The highest BCUT2D eigenvalue weighted by Crippen LogP contribution is 2.34. The molecule has 1 atom stereocenters. The number of halogens is 1. The van der Waals surface area contributed by atoms with Crippen LogP contribution in [-0.2, 0) is 11.2 Å². The first-order valence-corrected chi connectivity index (χ1v) is 13.0. The molecule has 4 rings (SSSR count). The summed E-state index contributed by atoms with van der Waals surface area (Å²) >= 11 is 1.68. The summed E-state index contributed by atoms with van der Waals surface area (Å²) in [5, 5.41) is 2.04. The van der Waals surface area contributed by atoms with Gasteiger partial charge in [-0.3, -0.25) is 9.59 Å². The van der Waals surface area contributed by atoms with Crippen LogP contribution < -0.4 is 4.74 Å². The van der Waals surface area contributed by atoms with Gasteiger partial charge in [-0.1, -0.05) is 44.2 Å². The smallest absolute Gasteiger partial charge is 0.257 e. The summed E-state index contributed by atoms with van der Waals surface area (Å²) in [6.45, 7) is 8.80. The van der Waals surface area contributed by atoms with E-state index in [0.717, 1.165) is 17.7 Å². The molecule has 5 nitrogen and oxygen atoms in total. The van der Waals surface area contributed by atoms with Gasteiger partial charge in [-0.25, -0.2) is 4.39 Å². The number of hydrogen-bond donors (Lipinski definition) is 0. The van der Waals surface area contributed by atoms with Crippen molar-refractivity contribution >= 4 is 23.2 Å². The molecule has 0 saturated heterocycles. The van der Waals surface area contributed by atoms with E-state index in [2.05, 4.69) is 32.6 Å². The van der Waals surface area contributed by atoms with Crippen molar-refractivity contribution in [3.63, 3.8) is 0 Å². The third kappa shape index (κ3) is 5.68. The molecule has 2 amide bonds. The Morgan fingerprint density at radius 1 is 1.19 bits per heavy atom. The number of benzene rings is 2. The summed E-state index contributed by atoms with van der Waals surface area (Å²) < 4.78 is 20.4. The van der Waals surface area contributed by atoms with E-state index in [-0.39, 0.29) is 30.6 Å². The third-order valence-corrected chi connectivity index (χ3v) is 7.43. The average Bonchev–Trinajstić information content (AvgIpc) is 3.36. The van der Waals surface area contributed by atoms with Crippen LogP contribution in [-0.4, -0.2) is 47.9 Å². The zero-order valence-electron chi connectivity index (χ0n) is 20.7. The van der Waals surface area contributed by atoms with E-state index >= 15 is 0 Å². The highest BCUT2D eigenvalue weighted by molar-refractivity contribution is 7.10. The van der Waals surface area contributed by atoms with E-state index in [1.807, 2.05) is 23.6 Å². The Kier molecular flexibility index (Phi) is 8.21. The molecular weight excluding hydrogens is 475 g/mol. The molecule has 0 saturated carbocycles. The second-order valence-corrected chi connectivity index (χ2v) is 10.1. The molecule has 1 aromatic heterocycles. The van der Waals surface area contributed by atoms with Crippen molar-refractivity contribution in [2.75, 3.05) is 26.2 Å². The molecule has 36 heavy (non-hydrogen) atoms. The van der Waals surface area contributed by atoms with Crippen molar-refractivity contribution in [1.82, 2.24) is 9.80 Å². The topological polar surface area (TPSA) is 49.9 Å².